The number of nitrogens with one attached hydrogen (secondary N) is 2. The number of halogens is 1. The van der Waals surface area contributed by atoms with Gasteiger partial charge in [-0.25, -0.2) is 4.79 Å². The molecule has 0 aliphatic carbocycles. The van der Waals surface area contributed by atoms with Crippen LogP contribution >= 0.6 is 15.9 Å². The van der Waals surface area contributed by atoms with E-state index in [0.717, 1.165) is 0 Å². The van der Waals surface area contributed by atoms with E-state index in [0.29, 0.717) is 16.6 Å². The maximum Gasteiger partial charge on any atom is 0.357 e. The van der Waals surface area contributed by atoms with Crippen molar-refractivity contribution in [3.8, 4) is 11.5 Å². The molecule has 0 radical (unpaired) electrons. The number of aromatic amines is 2. The fourth-order valence-corrected chi connectivity index (χ4v) is 2.39. The van der Waals surface area contributed by atoms with Crippen molar-refractivity contribution in [2.24, 2.45) is 0 Å². The smallest absolute Gasteiger partial charge is 0.357 e. The van der Waals surface area contributed by atoms with Gasteiger partial charge in [0.25, 0.3) is 0 Å². The lowest BCUT2D eigenvalue weighted by Gasteiger charge is -2.08. The van der Waals surface area contributed by atoms with Crippen molar-refractivity contribution in [3.05, 3.63) is 58.8 Å². The average Bonchev–Trinajstić information content (AvgIpc) is 2.49. The zero-order valence-corrected chi connectivity index (χ0v) is 13.9. The van der Waals surface area contributed by atoms with E-state index in [1.807, 2.05) is 0 Å². The summed E-state index contributed by atoms with van der Waals surface area (Å²) in [7, 11) is 0. The minimum atomic E-state index is -1.09. The van der Waals surface area contributed by atoms with Gasteiger partial charge in [-0.2, -0.15) is 0 Å². The molecule has 9 nitrogen and oxygen atoms in total. The van der Waals surface area contributed by atoms with Gasteiger partial charge in [0.1, 0.15) is 5.69 Å². The Kier molecular flexibility index (Phi) is 5.19. The van der Waals surface area contributed by atoms with Gasteiger partial charge in [-0.3, -0.25) is 19.9 Å². The molecule has 2 rings (SSSR count). The number of phenols is 1. The van der Waals surface area contributed by atoms with Crippen LogP contribution in [0.2, 0.25) is 0 Å². The third kappa shape index (κ3) is 3.71. The molecule has 10 heteroatoms. The first-order chi connectivity index (χ1) is 11.3. The van der Waals surface area contributed by atoms with Gasteiger partial charge in [0.2, 0.25) is 0 Å². The van der Waals surface area contributed by atoms with Crippen LogP contribution < -0.4 is 16.0 Å². The Labute approximate surface area is 142 Å². The van der Waals surface area contributed by atoms with E-state index in [-0.39, 0.29) is 17.2 Å². The first kappa shape index (κ1) is 17.5. The molecule has 0 saturated carbocycles. The molecule has 3 N–H and O–H groups in total. The van der Waals surface area contributed by atoms with Crippen LogP contribution in [0.5, 0.6) is 11.5 Å². The zero-order chi connectivity index (χ0) is 17.9. The maximum absolute atomic E-state index is 11.5. The third-order valence-corrected chi connectivity index (χ3v) is 3.53. The number of ether oxygens (including phenoxy) is 1. The lowest BCUT2D eigenvalue weighted by atomic mass is 10.1. The van der Waals surface area contributed by atoms with E-state index in [2.05, 4.69) is 20.9 Å². The lowest BCUT2D eigenvalue weighted by Crippen LogP contribution is -2.25. The van der Waals surface area contributed by atoms with Gasteiger partial charge in [-0.1, -0.05) is 6.08 Å². The van der Waals surface area contributed by atoms with Crippen LogP contribution in [0, 0.1) is 10.1 Å². The van der Waals surface area contributed by atoms with Crippen LogP contribution in [0.15, 0.2) is 26.2 Å². The first-order valence-electron chi connectivity index (χ1n) is 6.67. The highest BCUT2D eigenvalue weighted by atomic mass is 79.9. The Balaban J connectivity index is 2.51. The number of nitrogens with zero attached hydrogens (tertiary/aromatic N) is 1. The highest BCUT2D eigenvalue weighted by Crippen LogP contribution is 2.36. The summed E-state index contributed by atoms with van der Waals surface area (Å²) in [5.41, 5.74) is -2.43. The molecule has 0 aliphatic heterocycles. The third-order valence-electron chi connectivity index (χ3n) is 2.92. The largest absolute Gasteiger partial charge is 0.503 e. The van der Waals surface area contributed by atoms with E-state index in [1.165, 1.54) is 18.2 Å². The number of H-pyrrole nitrogens is 2. The fraction of sp³-hybridized carbons (Fsp3) is 0.143. The quantitative estimate of drug-likeness (QED) is 0.520. The van der Waals surface area contributed by atoms with Crippen molar-refractivity contribution in [2.45, 2.75) is 6.92 Å². The second-order valence-corrected chi connectivity index (χ2v) is 5.40. The standard InChI is InChI=1S/C14H12BrN3O6/c1-2-24-10-6-7(5-8(15)12(10)19)3-4-9-11(18(22)23)13(20)17-14(21)16-9/h3-6,19H,2H2,1H3,(H2,16,17,20,21)/b4-3+. The number of aromatic hydroxyl groups is 1. The van der Waals surface area contributed by atoms with Gasteiger partial charge in [0.05, 0.1) is 16.0 Å². The average molecular weight is 398 g/mol. The Morgan fingerprint density at radius 2 is 2.04 bits per heavy atom. The highest BCUT2D eigenvalue weighted by molar-refractivity contribution is 9.10. The predicted octanol–water partition coefficient (Wildman–Crippen LogP) is 2.01. The van der Waals surface area contributed by atoms with Gasteiger partial charge in [0.15, 0.2) is 11.5 Å². The van der Waals surface area contributed by atoms with Crippen molar-refractivity contribution >= 4 is 33.8 Å². The molecule has 0 amide bonds. The summed E-state index contributed by atoms with van der Waals surface area (Å²) < 4.78 is 5.64. The molecule has 0 unspecified atom stereocenters. The summed E-state index contributed by atoms with van der Waals surface area (Å²) in [6, 6.07) is 3.06. The van der Waals surface area contributed by atoms with Crippen LogP contribution in [0.25, 0.3) is 12.2 Å². The highest BCUT2D eigenvalue weighted by Gasteiger charge is 2.18. The minimum Gasteiger partial charge on any atom is -0.503 e. The summed E-state index contributed by atoms with van der Waals surface area (Å²) in [6.45, 7) is 2.08. The molecule has 0 atom stereocenters. The van der Waals surface area contributed by atoms with Gasteiger partial charge in [-0.05, 0) is 46.6 Å². The number of hydrogen-bond donors (Lipinski definition) is 3. The predicted molar refractivity (Wildman–Crippen MR) is 90.2 cm³/mol. The molecular weight excluding hydrogens is 386 g/mol. The second kappa shape index (κ2) is 7.13. The van der Waals surface area contributed by atoms with E-state index in [1.54, 1.807) is 18.0 Å². The summed E-state index contributed by atoms with van der Waals surface area (Å²) in [5.74, 6) is 0.143. The number of aromatic nitrogens is 2. The summed E-state index contributed by atoms with van der Waals surface area (Å²) >= 11 is 3.17. The summed E-state index contributed by atoms with van der Waals surface area (Å²) in [4.78, 5) is 36.9. The van der Waals surface area contributed by atoms with Crippen molar-refractivity contribution in [1.82, 2.24) is 9.97 Å². The van der Waals surface area contributed by atoms with Crippen molar-refractivity contribution in [1.29, 1.82) is 0 Å². The zero-order valence-electron chi connectivity index (χ0n) is 12.3. The topological polar surface area (TPSA) is 138 Å². The van der Waals surface area contributed by atoms with Crippen LogP contribution in [0.4, 0.5) is 5.69 Å². The normalized spacial score (nSPS) is 10.9. The number of rotatable bonds is 5. The molecule has 24 heavy (non-hydrogen) atoms. The van der Waals surface area contributed by atoms with Crippen molar-refractivity contribution in [3.63, 3.8) is 0 Å². The first-order valence-corrected chi connectivity index (χ1v) is 7.47. The van der Waals surface area contributed by atoms with E-state index in [9.17, 15) is 24.8 Å². The minimum absolute atomic E-state index is 0.0791. The van der Waals surface area contributed by atoms with Crippen LogP contribution in [0.1, 0.15) is 18.2 Å². The number of hydrogen-bond acceptors (Lipinski definition) is 6. The Hall–Kier alpha value is -2.88. The molecule has 0 spiro atoms. The molecular formula is C14H12BrN3O6. The Morgan fingerprint density at radius 1 is 1.33 bits per heavy atom. The summed E-state index contributed by atoms with van der Waals surface area (Å²) in [6.07, 6.45) is 2.66. The Bertz CT molecular complexity index is 931. The van der Waals surface area contributed by atoms with Crippen LogP contribution in [-0.2, 0) is 0 Å². The van der Waals surface area contributed by atoms with Gasteiger partial charge >= 0.3 is 16.9 Å². The maximum atomic E-state index is 11.5. The lowest BCUT2D eigenvalue weighted by molar-refractivity contribution is -0.386. The van der Waals surface area contributed by atoms with Crippen LogP contribution in [-0.4, -0.2) is 26.6 Å². The van der Waals surface area contributed by atoms with E-state index < -0.39 is 21.9 Å². The molecule has 1 aromatic heterocycles. The number of nitro groups is 1. The van der Waals surface area contributed by atoms with Gasteiger partial charge < -0.3 is 14.8 Å². The van der Waals surface area contributed by atoms with Crippen molar-refractivity contribution in [2.75, 3.05) is 6.61 Å². The van der Waals surface area contributed by atoms with Crippen molar-refractivity contribution < 1.29 is 14.8 Å². The molecule has 1 heterocycles. The summed E-state index contributed by atoms with van der Waals surface area (Å²) in [5, 5.41) is 20.8. The fourth-order valence-electron chi connectivity index (χ4n) is 1.93. The SMILES string of the molecule is CCOc1cc(/C=C/c2[nH]c(=O)[nH]c(=O)c2[N+](=O)[O-])cc(Br)c1O. The molecule has 126 valence electrons. The van der Waals surface area contributed by atoms with E-state index >= 15 is 0 Å². The van der Waals surface area contributed by atoms with Gasteiger partial charge in [0, 0.05) is 0 Å². The monoisotopic (exact) mass is 397 g/mol. The molecule has 1 aromatic carbocycles. The molecule has 0 bridgehead atoms. The van der Waals surface area contributed by atoms with Crippen LogP contribution in [0.3, 0.4) is 0 Å². The molecule has 0 saturated heterocycles. The molecule has 2 aromatic rings. The van der Waals surface area contributed by atoms with Gasteiger partial charge in [-0.15, -0.1) is 0 Å². The van der Waals surface area contributed by atoms with E-state index in [4.69, 9.17) is 4.74 Å². The molecule has 0 fully saturated rings. The second-order valence-electron chi connectivity index (χ2n) is 4.54. The number of benzene rings is 1. The molecule has 0 aliphatic rings. The Morgan fingerprint density at radius 3 is 2.67 bits per heavy atom. The number of phenolic OH excluding ortho intramolecular Hbond substituents is 1.